The smallest absolute Gasteiger partial charge is 0.376 e. The highest BCUT2D eigenvalue weighted by molar-refractivity contribution is 5.46. The van der Waals surface area contributed by atoms with Crippen molar-refractivity contribution in [1.29, 1.82) is 0 Å². The van der Waals surface area contributed by atoms with Crippen LogP contribution in [-0.4, -0.2) is 88.6 Å². The molecule has 1 aromatic rings. The Morgan fingerprint density at radius 3 is 0.833 bits per heavy atom. The van der Waals surface area contributed by atoms with Gasteiger partial charge in [0.25, 0.3) is 0 Å². The Morgan fingerprint density at radius 2 is 0.700 bits per heavy atom. The number of aliphatic hydroxyl groups excluding tert-OH is 3. The largest absolute Gasteiger partial charge is 0.406 e. The van der Waals surface area contributed by atoms with Crippen molar-refractivity contribution in [2.75, 3.05) is 54.5 Å². The van der Waals surface area contributed by atoms with Gasteiger partial charge in [0.1, 0.15) is 39.8 Å². The summed E-state index contributed by atoms with van der Waals surface area (Å²) in [5.41, 5.74) is 0. The lowest BCUT2D eigenvalue weighted by Gasteiger charge is -2.27. The highest BCUT2D eigenvalue weighted by Gasteiger charge is 2.36. The SMILES string of the molecule is OCN(CC(F)(F)F)c1nc(N(CO)CC(F)(F)F)nc(N(CO)CC(F)(F)F)n1. The van der Waals surface area contributed by atoms with Gasteiger partial charge in [0.15, 0.2) is 0 Å². The molecule has 0 unspecified atom stereocenters. The van der Waals surface area contributed by atoms with Crippen LogP contribution in [0.25, 0.3) is 0 Å². The van der Waals surface area contributed by atoms with Crippen molar-refractivity contribution in [1.82, 2.24) is 15.0 Å². The van der Waals surface area contributed by atoms with Crippen LogP contribution in [0.4, 0.5) is 57.4 Å². The average Bonchev–Trinajstić information content (AvgIpc) is 2.59. The molecular weight excluding hydrogens is 447 g/mol. The number of aliphatic hydroxyl groups is 3. The molecule has 18 heteroatoms. The van der Waals surface area contributed by atoms with Crippen LogP contribution in [0.3, 0.4) is 0 Å². The van der Waals surface area contributed by atoms with Crippen molar-refractivity contribution in [3.63, 3.8) is 0 Å². The number of hydrogen-bond donors (Lipinski definition) is 3. The first-order valence-corrected chi connectivity index (χ1v) is 7.62. The van der Waals surface area contributed by atoms with Crippen LogP contribution in [-0.2, 0) is 0 Å². The molecule has 0 spiro atoms. The summed E-state index contributed by atoms with van der Waals surface area (Å²) in [5, 5.41) is 27.4. The summed E-state index contributed by atoms with van der Waals surface area (Å²) in [7, 11) is 0. The van der Waals surface area contributed by atoms with E-state index in [0.29, 0.717) is 0 Å². The van der Waals surface area contributed by atoms with E-state index >= 15 is 0 Å². The lowest BCUT2D eigenvalue weighted by molar-refractivity contribution is -0.122. The molecule has 174 valence electrons. The minimum Gasteiger partial charge on any atom is -0.376 e. The third-order valence-electron chi connectivity index (χ3n) is 3.07. The zero-order valence-corrected chi connectivity index (χ0v) is 14.7. The van der Waals surface area contributed by atoms with Crippen molar-refractivity contribution < 1.29 is 54.8 Å². The summed E-state index contributed by atoms with van der Waals surface area (Å²) in [5.74, 6) is -3.43. The Balaban J connectivity index is 3.52. The number of halogens is 9. The molecule has 0 amide bonds. The van der Waals surface area contributed by atoms with Gasteiger partial charge in [-0.3, -0.25) is 0 Å². The van der Waals surface area contributed by atoms with E-state index in [-0.39, 0.29) is 14.7 Å². The Bertz CT molecular complexity index is 582. The van der Waals surface area contributed by atoms with Gasteiger partial charge >= 0.3 is 18.5 Å². The lowest BCUT2D eigenvalue weighted by Crippen LogP contribution is -2.41. The van der Waals surface area contributed by atoms with Crippen molar-refractivity contribution in [2.24, 2.45) is 0 Å². The van der Waals surface area contributed by atoms with E-state index in [1.807, 2.05) is 0 Å². The third kappa shape index (κ3) is 8.57. The first kappa shape index (κ1) is 25.7. The van der Waals surface area contributed by atoms with Gasteiger partial charge in [0.2, 0.25) is 17.8 Å². The Morgan fingerprint density at radius 1 is 0.500 bits per heavy atom. The van der Waals surface area contributed by atoms with E-state index < -0.39 is 76.2 Å². The van der Waals surface area contributed by atoms with Crippen molar-refractivity contribution in [3.8, 4) is 0 Å². The summed E-state index contributed by atoms with van der Waals surface area (Å²) in [6, 6.07) is 0. The van der Waals surface area contributed by atoms with Gasteiger partial charge in [0, 0.05) is 0 Å². The van der Waals surface area contributed by atoms with E-state index in [9.17, 15) is 39.5 Å². The van der Waals surface area contributed by atoms with Gasteiger partial charge in [0.05, 0.1) is 0 Å². The van der Waals surface area contributed by atoms with Crippen LogP contribution in [0.15, 0.2) is 0 Å². The monoisotopic (exact) mass is 462 g/mol. The van der Waals surface area contributed by atoms with Crippen molar-refractivity contribution >= 4 is 17.8 Å². The van der Waals surface area contributed by atoms with Crippen molar-refractivity contribution in [3.05, 3.63) is 0 Å². The third-order valence-corrected chi connectivity index (χ3v) is 3.07. The average molecular weight is 462 g/mol. The zero-order valence-electron chi connectivity index (χ0n) is 14.7. The quantitative estimate of drug-likeness (QED) is 0.363. The maximum Gasteiger partial charge on any atom is 0.406 e. The fraction of sp³-hybridized carbons (Fsp3) is 0.750. The van der Waals surface area contributed by atoms with Crippen LogP contribution in [0.1, 0.15) is 0 Å². The standard InChI is InChI=1S/C12H15F9N6O3/c13-10(14,15)1-25(4-28)7-22-8(26(5-29)2-11(16,17)18)24-9(23-7)27(6-30)3-12(19,20)21/h28-30H,1-6H2. The second-order valence-electron chi connectivity index (χ2n) is 5.60. The van der Waals surface area contributed by atoms with Gasteiger partial charge in [-0.25, -0.2) is 0 Å². The Hall–Kier alpha value is -2.34. The van der Waals surface area contributed by atoms with Crippen LogP contribution < -0.4 is 14.7 Å². The normalized spacial score (nSPS) is 12.8. The minimum atomic E-state index is -4.96. The molecule has 0 fully saturated rings. The highest BCUT2D eigenvalue weighted by Crippen LogP contribution is 2.26. The second-order valence-corrected chi connectivity index (χ2v) is 5.60. The van der Waals surface area contributed by atoms with Crippen LogP contribution >= 0.6 is 0 Å². The molecule has 1 heterocycles. The molecule has 0 aliphatic carbocycles. The molecule has 0 aliphatic rings. The molecular formula is C12H15F9N6O3. The first-order chi connectivity index (χ1) is 13.6. The summed E-state index contributed by atoms with van der Waals surface area (Å²) in [6.07, 6.45) is -14.9. The number of aromatic nitrogens is 3. The molecule has 1 aromatic heterocycles. The molecule has 0 radical (unpaired) electrons. The number of hydrogen-bond acceptors (Lipinski definition) is 9. The minimum absolute atomic E-state index is 0.0129. The number of rotatable bonds is 9. The number of alkyl halides is 9. The molecule has 30 heavy (non-hydrogen) atoms. The fourth-order valence-corrected chi connectivity index (χ4v) is 1.97. The fourth-order valence-electron chi connectivity index (χ4n) is 1.97. The molecule has 0 atom stereocenters. The van der Waals surface area contributed by atoms with Gasteiger partial charge in [-0.1, -0.05) is 0 Å². The molecule has 3 N–H and O–H groups in total. The Kier molecular flexibility index (Phi) is 8.26. The van der Waals surface area contributed by atoms with Gasteiger partial charge < -0.3 is 30.0 Å². The summed E-state index contributed by atoms with van der Waals surface area (Å²) in [6.45, 7) is -9.99. The van der Waals surface area contributed by atoms with E-state index in [1.54, 1.807) is 0 Å². The first-order valence-electron chi connectivity index (χ1n) is 7.62. The van der Waals surface area contributed by atoms with E-state index in [0.717, 1.165) is 0 Å². The predicted molar refractivity (Wildman–Crippen MR) is 81.3 cm³/mol. The Labute approximate surface area is 162 Å². The van der Waals surface area contributed by atoms with Crippen LogP contribution in [0.2, 0.25) is 0 Å². The number of nitrogens with zero attached hydrogens (tertiary/aromatic N) is 6. The molecule has 0 saturated carbocycles. The lowest BCUT2D eigenvalue weighted by atomic mass is 10.5. The van der Waals surface area contributed by atoms with Gasteiger partial charge in [-0.2, -0.15) is 54.5 Å². The second kappa shape index (κ2) is 9.65. The van der Waals surface area contributed by atoms with Crippen LogP contribution in [0, 0.1) is 0 Å². The molecule has 0 aliphatic heterocycles. The van der Waals surface area contributed by atoms with Crippen molar-refractivity contribution in [2.45, 2.75) is 18.5 Å². The van der Waals surface area contributed by atoms with Gasteiger partial charge in [-0.15, -0.1) is 0 Å². The van der Waals surface area contributed by atoms with E-state index in [1.165, 1.54) is 0 Å². The molecule has 1 rings (SSSR count). The highest BCUT2D eigenvalue weighted by atomic mass is 19.4. The summed E-state index contributed by atoms with van der Waals surface area (Å²) in [4.78, 5) is 9.79. The zero-order chi connectivity index (χ0) is 23.3. The maximum absolute atomic E-state index is 12.7. The summed E-state index contributed by atoms with van der Waals surface area (Å²) < 4.78 is 114. The van der Waals surface area contributed by atoms with E-state index in [2.05, 4.69) is 15.0 Å². The molecule has 0 bridgehead atoms. The summed E-state index contributed by atoms with van der Waals surface area (Å²) >= 11 is 0. The van der Waals surface area contributed by atoms with Crippen LogP contribution in [0.5, 0.6) is 0 Å². The number of anilines is 3. The predicted octanol–water partition coefficient (Wildman–Crippen LogP) is 0.827. The van der Waals surface area contributed by atoms with E-state index in [4.69, 9.17) is 15.3 Å². The molecule has 9 nitrogen and oxygen atoms in total. The maximum atomic E-state index is 12.7. The topological polar surface area (TPSA) is 109 Å². The molecule has 0 saturated heterocycles. The van der Waals surface area contributed by atoms with Gasteiger partial charge in [-0.05, 0) is 0 Å². The molecule has 0 aromatic carbocycles.